The van der Waals surface area contributed by atoms with Gasteiger partial charge in [0.2, 0.25) is 0 Å². The highest BCUT2D eigenvalue weighted by molar-refractivity contribution is 5.74. The van der Waals surface area contributed by atoms with Gasteiger partial charge >= 0.3 is 6.03 Å². The number of carbonyl (C=O) groups excluding carboxylic acids is 1. The average molecular weight is 349 g/mol. The minimum absolute atomic E-state index is 0.00845. The SMILES string of the molecule is CCN(Cc1ccc(C)o1)C(=O)NC1CCN(CC2CCCO2)CC1. The summed E-state index contributed by atoms with van der Waals surface area (Å²) >= 11 is 0. The molecular weight excluding hydrogens is 318 g/mol. The summed E-state index contributed by atoms with van der Waals surface area (Å²) in [5.41, 5.74) is 0. The van der Waals surface area contributed by atoms with E-state index in [0.29, 0.717) is 19.2 Å². The van der Waals surface area contributed by atoms with Gasteiger partial charge in [0.05, 0.1) is 12.6 Å². The van der Waals surface area contributed by atoms with Crippen LogP contribution in [0.3, 0.4) is 0 Å². The van der Waals surface area contributed by atoms with E-state index in [4.69, 9.17) is 9.15 Å². The van der Waals surface area contributed by atoms with Crippen molar-refractivity contribution in [3.05, 3.63) is 23.7 Å². The van der Waals surface area contributed by atoms with E-state index in [1.54, 1.807) is 4.90 Å². The third-order valence-electron chi connectivity index (χ3n) is 5.21. The highest BCUT2D eigenvalue weighted by Crippen LogP contribution is 2.17. The van der Waals surface area contributed by atoms with Crippen molar-refractivity contribution in [1.82, 2.24) is 15.1 Å². The van der Waals surface area contributed by atoms with E-state index in [9.17, 15) is 4.79 Å². The lowest BCUT2D eigenvalue weighted by Gasteiger charge is -2.34. The van der Waals surface area contributed by atoms with Gasteiger partial charge in [0, 0.05) is 38.8 Å². The Bertz CT molecular complexity index is 546. The van der Waals surface area contributed by atoms with Crippen molar-refractivity contribution in [1.29, 1.82) is 0 Å². The van der Waals surface area contributed by atoms with Crippen LogP contribution >= 0.6 is 0 Å². The largest absolute Gasteiger partial charge is 0.464 e. The van der Waals surface area contributed by atoms with Crippen molar-refractivity contribution in [3.8, 4) is 0 Å². The molecular formula is C19H31N3O3. The van der Waals surface area contributed by atoms with Crippen LogP contribution in [-0.4, -0.2) is 60.8 Å². The van der Waals surface area contributed by atoms with Gasteiger partial charge in [-0.15, -0.1) is 0 Å². The van der Waals surface area contributed by atoms with Gasteiger partial charge < -0.3 is 24.3 Å². The third-order valence-corrected chi connectivity index (χ3v) is 5.21. The van der Waals surface area contributed by atoms with Crippen molar-refractivity contribution >= 4 is 6.03 Å². The number of rotatable bonds is 6. The molecule has 0 saturated carbocycles. The van der Waals surface area contributed by atoms with E-state index in [0.717, 1.165) is 50.6 Å². The Morgan fingerprint density at radius 2 is 2.12 bits per heavy atom. The molecule has 0 aliphatic carbocycles. The molecule has 0 spiro atoms. The first-order valence-electron chi connectivity index (χ1n) is 9.58. The summed E-state index contributed by atoms with van der Waals surface area (Å²) in [5.74, 6) is 1.71. The normalized spacial score (nSPS) is 22.2. The molecule has 1 aromatic heterocycles. The van der Waals surface area contributed by atoms with E-state index in [-0.39, 0.29) is 12.1 Å². The molecule has 1 atom stereocenters. The fraction of sp³-hybridized carbons (Fsp3) is 0.737. The number of likely N-dealkylation sites (tertiary alicyclic amines) is 1. The first-order chi connectivity index (χ1) is 12.1. The van der Waals surface area contributed by atoms with Crippen LogP contribution in [0, 0.1) is 6.92 Å². The summed E-state index contributed by atoms with van der Waals surface area (Å²) in [4.78, 5) is 16.8. The minimum Gasteiger partial charge on any atom is -0.464 e. The van der Waals surface area contributed by atoms with Gasteiger partial charge in [0.25, 0.3) is 0 Å². The summed E-state index contributed by atoms with van der Waals surface area (Å²) < 4.78 is 11.3. The maximum absolute atomic E-state index is 12.6. The first kappa shape index (κ1) is 18.3. The number of piperidine rings is 1. The molecule has 140 valence electrons. The van der Waals surface area contributed by atoms with Crippen LogP contribution in [0.5, 0.6) is 0 Å². The van der Waals surface area contributed by atoms with Crippen LogP contribution in [0.15, 0.2) is 16.5 Å². The van der Waals surface area contributed by atoms with E-state index in [1.807, 2.05) is 26.0 Å². The summed E-state index contributed by atoms with van der Waals surface area (Å²) in [7, 11) is 0. The van der Waals surface area contributed by atoms with Gasteiger partial charge in [-0.05, 0) is 51.7 Å². The third kappa shape index (κ3) is 5.22. The maximum atomic E-state index is 12.6. The Morgan fingerprint density at radius 1 is 1.32 bits per heavy atom. The average Bonchev–Trinajstić information content (AvgIpc) is 3.26. The van der Waals surface area contributed by atoms with E-state index >= 15 is 0 Å². The second-order valence-electron chi connectivity index (χ2n) is 7.19. The van der Waals surface area contributed by atoms with Crippen molar-refractivity contribution in [2.75, 3.05) is 32.8 Å². The molecule has 1 aromatic rings. The number of hydrogen-bond donors (Lipinski definition) is 1. The standard InChI is InChI=1S/C19H31N3O3/c1-3-22(14-18-7-6-15(2)25-18)19(23)20-16-8-10-21(11-9-16)13-17-5-4-12-24-17/h6-7,16-17H,3-5,8-14H2,1-2H3,(H,20,23). The molecule has 2 aliphatic rings. The number of hydrogen-bond acceptors (Lipinski definition) is 4. The summed E-state index contributed by atoms with van der Waals surface area (Å²) in [6, 6.07) is 4.15. The monoisotopic (exact) mass is 349 g/mol. The van der Waals surface area contributed by atoms with Gasteiger partial charge in [0.1, 0.15) is 11.5 Å². The Hall–Kier alpha value is -1.53. The zero-order valence-electron chi connectivity index (χ0n) is 15.5. The molecule has 0 aromatic carbocycles. The topological polar surface area (TPSA) is 58.0 Å². The zero-order valence-corrected chi connectivity index (χ0v) is 15.5. The van der Waals surface area contributed by atoms with Crippen LogP contribution in [0.2, 0.25) is 0 Å². The molecule has 3 heterocycles. The van der Waals surface area contributed by atoms with Gasteiger partial charge in [-0.1, -0.05) is 0 Å². The van der Waals surface area contributed by atoms with Gasteiger partial charge in [-0.2, -0.15) is 0 Å². The zero-order chi connectivity index (χ0) is 17.6. The molecule has 2 amide bonds. The second-order valence-corrected chi connectivity index (χ2v) is 7.19. The van der Waals surface area contributed by atoms with Crippen molar-refractivity contribution < 1.29 is 13.9 Å². The fourth-order valence-electron chi connectivity index (χ4n) is 3.69. The van der Waals surface area contributed by atoms with Crippen LogP contribution in [-0.2, 0) is 11.3 Å². The van der Waals surface area contributed by atoms with Crippen molar-refractivity contribution in [2.45, 2.75) is 58.2 Å². The lowest BCUT2D eigenvalue weighted by Crippen LogP contribution is -2.49. The Morgan fingerprint density at radius 3 is 2.72 bits per heavy atom. The predicted molar refractivity (Wildman–Crippen MR) is 96.5 cm³/mol. The number of nitrogens with one attached hydrogen (secondary N) is 1. The van der Waals surface area contributed by atoms with Gasteiger partial charge in [-0.25, -0.2) is 4.79 Å². The van der Waals surface area contributed by atoms with E-state index in [2.05, 4.69) is 10.2 Å². The number of ether oxygens (including phenoxy) is 1. The van der Waals surface area contributed by atoms with E-state index < -0.39 is 0 Å². The lowest BCUT2D eigenvalue weighted by molar-refractivity contribution is 0.0628. The highest BCUT2D eigenvalue weighted by Gasteiger charge is 2.25. The van der Waals surface area contributed by atoms with Crippen LogP contribution in [0.25, 0.3) is 0 Å². The second kappa shape index (κ2) is 8.72. The van der Waals surface area contributed by atoms with Crippen molar-refractivity contribution in [2.24, 2.45) is 0 Å². The molecule has 6 heteroatoms. The highest BCUT2D eigenvalue weighted by atomic mass is 16.5. The maximum Gasteiger partial charge on any atom is 0.318 e. The summed E-state index contributed by atoms with van der Waals surface area (Å²) in [5, 5.41) is 3.20. The van der Waals surface area contributed by atoms with Gasteiger partial charge in [0.15, 0.2) is 0 Å². The lowest BCUT2D eigenvalue weighted by atomic mass is 10.0. The molecule has 0 bridgehead atoms. The smallest absolute Gasteiger partial charge is 0.318 e. The number of furan rings is 1. The molecule has 2 aliphatic heterocycles. The van der Waals surface area contributed by atoms with Crippen LogP contribution in [0.4, 0.5) is 4.79 Å². The molecule has 1 N–H and O–H groups in total. The van der Waals surface area contributed by atoms with Crippen molar-refractivity contribution in [3.63, 3.8) is 0 Å². The van der Waals surface area contributed by atoms with Crippen LogP contribution in [0.1, 0.15) is 44.1 Å². The summed E-state index contributed by atoms with van der Waals surface area (Å²) in [6.45, 7) is 9.14. The quantitative estimate of drug-likeness (QED) is 0.858. The first-order valence-corrected chi connectivity index (χ1v) is 9.58. The number of nitrogens with zero attached hydrogens (tertiary/aromatic N) is 2. The van der Waals surface area contributed by atoms with E-state index in [1.165, 1.54) is 12.8 Å². The number of carbonyl (C=O) groups is 1. The molecule has 6 nitrogen and oxygen atoms in total. The molecule has 0 radical (unpaired) electrons. The number of urea groups is 1. The minimum atomic E-state index is 0.00845. The molecule has 2 fully saturated rings. The Labute approximate surface area is 150 Å². The number of amides is 2. The molecule has 3 rings (SSSR count). The molecule has 2 saturated heterocycles. The molecule has 1 unspecified atom stereocenters. The summed E-state index contributed by atoms with van der Waals surface area (Å²) in [6.07, 6.45) is 4.82. The van der Waals surface area contributed by atoms with Crippen LogP contribution < -0.4 is 5.32 Å². The fourth-order valence-corrected chi connectivity index (χ4v) is 3.69. The molecule has 25 heavy (non-hydrogen) atoms. The number of aryl methyl sites for hydroxylation is 1. The Balaban J connectivity index is 1.41. The van der Waals surface area contributed by atoms with Gasteiger partial charge in [-0.3, -0.25) is 0 Å². The Kier molecular flexibility index (Phi) is 6.37. The predicted octanol–water partition coefficient (Wildman–Crippen LogP) is 2.76.